The lowest BCUT2D eigenvalue weighted by molar-refractivity contribution is -0.133. The first-order chi connectivity index (χ1) is 13.8. The van der Waals surface area contributed by atoms with Gasteiger partial charge in [0.25, 0.3) is 0 Å². The number of unbranched alkanes of at least 4 members (excludes halogenated alkanes) is 1. The summed E-state index contributed by atoms with van der Waals surface area (Å²) in [5.74, 6) is 1.24. The van der Waals surface area contributed by atoms with E-state index >= 15 is 0 Å². The maximum atomic E-state index is 12.5. The fourth-order valence-corrected chi connectivity index (χ4v) is 3.53. The van der Waals surface area contributed by atoms with E-state index in [1.807, 2.05) is 21.9 Å². The summed E-state index contributed by atoms with van der Waals surface area (Å²) in [6.07, 6.45) is 4.65. The zero-order valence-electron chi connectivity index (χ0n) is 18.7. The Balaban J connectivity index is 1.69. The number of benzene rings is 1. The van der Waals surface area contributed by atoms with Crippen LogP contribution in [-0.2, 0) is 15.0 Å². The maximum absolute atomic E-state index is 12.5. The Kier molecular flexibility index (Phi) is 8.99. The summed E-state index contributed by atoms with van der Waals surface area (Å²) in [6, 6.07) is 8.21. The quantitative estimate of drug-likeness (QED) is 0.606. The Morgan fingerprint density at radius 3 is 1.97 bits per heavy atom. The SMILES string of the molecule is CCCCC(=O)N1CCCN(C(=O)CCCOc2ccc(C(C)(C)C)cc2)CC1. The van der Waals surface area contributed by atoms with Crippen LogP contribution in [0.1, 0.15) is 71.8 Å². The Morgan fingerprint density at radius 1 is 0.897 bits per heavy atom. The highest BCUT2D eigenvalue weighted by atomic mass is 16.5. The van der Waals surface area contributed by atoms with Crippen molar-refractivity contribution in [3.05, 3.63) is 29.8 Å². The van der Waals surface area contributed by atoms with E-state index in [-0.39, 0.29) is 17.2 Å². The van der Waals surface area contributed by atoms with E-state index in [4.69, 9.17) is 4.74 Å². The van der Waals surface area contributed by atoms with Crippen LogP contribution in [0, 0.1) is 0 Å². The minimum atomic E-state index is 0.133. The van der Waals surface area contributed by atoms with Gasteiger partial charge >= 0.3 is 0 Å². The maximum Gasteiger partial charge on any atom is 0.222 e. The van der Waals surface area contributed by atoms with Crippen molar-refractivity contribution in [2.24, 2.45) is 0 Å². The molecule has 5 nitrogen and oxygen atoms in total. The van der Waals surface area contributed by atoms with Crippen molar-refractivity contribution in [1.29, 1.82) is 0 Å². The number of nitrogens with zero attached hydrogens (tertiary/aromatic N) is 2. The topological polar surface area (TPSA) is 49.9 Å². The number of hydrogen-bond acceptors (Lipinski definition) is 3. The molecule has 162 valence electrons. The van der Waals surface area contributed by atoms with Gasteiger partial charge < -0.3 is 14.5 Å². The molecule has 2 amide bonds. The third kappa shape index (κ3) is 7.71. The van der Waals surface area contributed by atoms with Gasteiger partial charge in [0.2, 0.25) is 11.8 Å². The molecule has 0 aliphatic carbocycles. The van der Waals surface area contributed by atoms with Gasteiger partial charge in [-0.15, -0.1) is 0 Å². The molecule has 0 atom stereocenters. The largest absolute Gasteiger partial charge is 0.494 e. The monoisotopic (exact) mass is 402 g/mol. The summed E-state index contributed by atoms with van der Waals surface area (Å²) in [5.41, 5.74) is 1.41. The lowest BCUT2D eigenvalue weighted by atomic mass is 9.87. The van der Waals surface area contributed by atoms with Crippen molar-refractivity contribution in [3.63, 3.8) is 0 Å². The van der Waals surface area contributed by atoms with Crippen LogP contribution in [-0.4, -0.2) is 54.4 Å². The molecule has 0 radical (unpaired) electrons. The minimum absolute atomic E-state index is 0.133. The zero-order valence-corrected chi connectivity index (χ0v) is 18.7. The van der Waals surface area contributed by atoms with Crippen molar-refractivity contribution in [3.8, 4) is 5.75 Å². The molecule has 1 saturated heterocycles. The average Bonchev–Trinajstić information content (AvgIpc) is 2.95. The molecule has 0 bridgehead atoms. The molecule has 1 aliphatic heterocycles. The first kappa shape index (κ1) is 23.2. The number of carbonyl (C=O) groups excluding carboxylic acids is 2. The lowest BCUT2D eigenvalue weighted by Gasteiger charge is -2.22. The van der Waals surface area contributed by atoms with Gasteiger partial charge in [-0.05, 0) is 42.4 Å². The number of ether oxygens (including phenoxy) is 1. The first-order valence-electron chi connectivity index (χ1n) is 11.1. The Morgan fingerprint density at radius 2 is 1.45 bits per heavy atom. The van der Waals surface area contributed by atoms with Crippen LogP contribution < -0.4 is 4.74 Å². The van der Waals surface area contributed by atoms with Crippen LogP contribution in [0.3, 0.4) is 0 Å². The minimum Gasteiger partial charge on any atom is -0.494 e. The molecule has 2 rings (SSSR count). The highest BCUT2D eigenvalue weighted by molar-refractivity contribution is 5.77. The first-order valence-corrected chi connectivity index (χ1v) is 11.1. The second-order valence-corrected chi connectivity index (χ2v) is 8.95. The van der Waals surface area contributed by atoms with Gasteiger partial charge in [0.15, 0.2) is 0 Å². The highest BCUT2D eigenvalue weighted by Gasteiger charge is 2.21. The van der Waals surface area contributed by atoms with E-state index in [1.165, 1.54) is 5.56 Å². The fraction of sp³-hybridized carbons (Fsp3) is 0.667. The van der Waals surface area contributed by atoms with Gasteiger partial charge in [0.05, 0.1) is 6.61 Å². The summed E-state index contributed by atoms with van der Waals surface area (Å²) >= 11 is 0. The van der Waals surface area contributed by atoms with E-state index in [0.717, 1.165) is 38.1 Å². The summed E-state index contributed by atoms with van der Waals surface area (Å²) < 4.78 is 5.80. The van der Waals surface area contributed by atoms with E-state index in [9.17, 15) is 9.59 Å². The highest BCUT2D eigenvalue weighted by Crippen LogP contribution is 2.24. The van der Waals surface area contributed by atoms with Crippen molar-refractivity contribution in [1.82, 2.24) is 9.80 Å². The molecular weight excluding hydrogens is 364 g/mol. The molecule has 1 aliphatic rings. The molecule has 1 aromatic carbocycles. The third-order valence-electron chi connectivity index (χ3n) is 5.47. The number of hydrogen-bond donors (Lipinski definition) is 0. The summed E-state index contributed by atoms with van der Waals surface area (Å²) in [5, 5.41) is 0. The van der Waals surface area contributed by atoms with E-state index < -0.39 is 0 Å². The molecule has 0 N–H and O–H groups in total. The summed E-state index contributed by atoms with van der Waals surface area (Å²) in [4.78, 5) is 28.6. The average molecular weight is 403 g/mol. The predicted molar refractivity (Wildman–Crippen MR) is 117 cm³/mol. The Hall–Kier alpha value is -2.04. The summed E-state index contributed by atoms with van der Waals surface area (Å²) in [7, 11) is 0. The van der Waals surface area contributed by atoms with Crippen molar-refractivity contribution >= 4 is 11.8 Å². The van der Waals surface area contributed by atoms with Crippen LogP contribution in [0.15, 0.2) is 24.3 Å². The van der Waals surface area contributed by atoms with Crippen LogP contribution >= 0.6 is 0 Å². The molecule has 0 unspecified atom stereocenters. The van der Waals surface area contributed by atoms with Crippen molar-refractivity contribution < 1.29 is 14.3 Å². The van der Waals surface area contributed by atoms with Crippen LogP contribution in [0.25, 0.3) is 0 Å². The molecule has 0 aromatic heterocycles. The fourth-order valence-electron chi connectivity index (χ4n) is 3.53. The Bertz CT molecular complexity index is 649. The second kappa shape index (κ2) is 11.2. The number of rotatable bonds is 8. The Labute approximate surface area is 176 Å². The number of carbonyl (C=O) groups is 2. The normalized spacial score (nSPS) is 15.2. The molecule has 1 heterocycles. The smallest absolute Gasteiger partial charge is 0.222 e. The van der Waals surface area contributed by atoms with Gasteiger partial charge in [0.1, 0.15) is 5.75 Å². The van der Waals surface area contributed by atoms with Gasteiger partial charge in [-0.3, -0.25) is 9.59 Å². The molecule has 0 saturated carbocycles. The van der Waals surface area contributed by atoms with Gasteiger partial charge in [-0.2, -0.15) is 0 Å². The molecule has 5 heteroatoms. The van der Waals surface area contributed by atoms with E-state index in [2.05, 4.69) is 39.8 Å². The predicted octanol–water partition coefficient (Wildman–Crippen LogP) is 4.39. The van der Waals surface area contributed by atoms with Crippen LogP contribution in [0.4, 0.5) is 0 Å². The standard InChI is InChI=1S/C24H38N2O3/c1-5-6-9-22(27)25-15-8-16-26(18-17-25)23(28)10-7-19-29-21-13-11-20(12-14-21)24(2,3)4/h11-14H,5-10,15-19H2,1-4H3. The summed E-state index contributed by atoms with van der Waals surface area (Å²) in [6.45, 7) is 12.0. The van der Waals surface area contributed by atoms with Crippen molar-refractivity contribution in [2.75, 3.05) is 32.8 Å². The van der Waals surface area contributed by atoms with Gasteiger partial charge in [0, 0.05) is 39.0 Å². The van der Waals surface area contributed by atoms with Crippen LogP contribution in [0.2, 0.25) is 0 Å². The molecule has 0 spiro atoms. The third-order valence-corrected chi connectivity index (χ3v) is 5.47. The van der Waals surface area contributed by atoms with Gasteiger partial charge in [-0.1, -0.05) is 46.2 Å². The second-order valence-electron chi connectivity index (χ2n) is 8.95. The molecule has 1 aromatic rings. The van der Waals surface area contributed by atoms with Crippen molar-refractivity contribution in [2.45, 2.75) is 71.6 Å². The van der Waals surface area contributed by atoms with Crippen LogP contribution in [0.5, 0.6) is 5.75 Å². The molecule has 1 fully saturated rings. The zero-order chi connectivity index (χ0) is 21.3. The molecule has 29 heavy (non-hydrogen) atoms. The number of amides is 2. The van der Waals surface area contributed by atoms with E-state index in [0.29, 0.717) is 39.0 Å². The molecular formula is C24H38N2O3. The van der Waals surface area contributed by atoms with E-state index in [1.54, 1.807) is 0 Å². The lowest BCUT2D eigenvalue weighted by Crippen LogP contribution is -2.37. The van der Waals surface area contributed by atoms with Gasteiger partial charge in [-0.25, -0.2) is 0 Å².